The van der Waals surface area contributed by atoms with Gasteiger partial charge < -0.3 is 15.5 Å². The fourth-order valence-electron chi connectivity index (χ4n) is 4.52. The summed E-state index contributed by atoms with van der Waals surface area (Å²) in [7, 11) is 0. The maximum atomic E-state index is 6.15. The Morgan fingerprint density at radius 1 is 0.935 bits per heavy atom. The Morgan fingerprint density at radius 3 is 2.29 bits per heavy atom. The summed E-state index contributed by atoms with van der Waals surface area (Å²) in [5.74, 6) is 1.39. The molecule has 2 N–H and O–H groups in total. The van der Waals surface area contributed by atoms with Crippen molar-refractivity contribution in [1.82, 2.24) is 14.9 Å². The van der Waals surface area contributed by atoms with Crippen molar-refractivity contribution < 1.29 is 0 Å². The highest BCUT2D eigenvalue weighted by Crippen LogP contribution is 2.30. The number of para-hydroxylation sites is 1. The van der Waals surface area contributed by atoms with Gasteiger partial charge in [-0.15, -0.1) is 0 Å². The molecule has 1 heterocycles. The van der Waals surface area contributed by atoms with Crippen LogP contribution >= 0.6 is 23.2 Å². The minimum Gasteiger partial charge on any atom is -0.367 e. The van der Waals surface area contributed by atoms with Crippen LogP contribution in [0.3, 0.4) is 0 Å². The largest absolute Gasteiger partial charge is 0.367 e. The van der Waals surface area contributed by atoms with E-state index in [9.17, 15) is 0 Å². The van der Waals surface area contributed by atoms with Gasteiger partial charge in [-0.05, 0) is 69.1 Å². The molecule has 3 aromatic rings. The zero-order valence-corrected chi connectivity index (χ0v) is 19.5. The fraction of sp³-hybridized carbons (Fsp3) is 0.417. The summed E-state index contributed by atoms with van der Waals surface area (Å²) in [4.78, 5) is 12.1. The van der Waals surface area contributed by atoms with Crippen LogP contribution in [0.4, 0.5) is 17.5 Å². The minimum atomic E-state index is 0.415. The lowest BCUT2D eigenvalue weighted by atomic mass is 9.90. The van der Waals surface area contributed by atoms with E-state index in [0.717, 1.165) is 48.3 Å². The lowest BCUT2D eigenvalue weighted by Gasteiger charge is -2.36. The Labute approximate surface area is 194 Å². The first-order chi connectivity index (χ1) is 15.1. The second-order valence-corrected chi connectivity index (χ2v) is 8.94. The van der Waals surface area contributed by atoms with Crippen molar-refractivity contribution in [1.29, 1.82) is 0 Å². The van der Waals surface area contributed by atoms with Gasteiger partial charge in [-0.1, -0.05) is 49.2 Å². The molecule has 1 saturated carbocycles. The molecule has 1 aromatic heterocycles. The number of anilines is 3. The molecule has 7 heteroatoms. The van der Waals surface area contributed by atoms with Crippen LogP contribution < -0.4 is 10.6 Å². The first-order valence-electron chi connectivity index (χ1n) is 11.1. The van der Waals surface area contributed by atoms with E-state index in [4.69, 9.17) is 28.2 Å². The normalized spacial score (nSPS) is 19.0. The molecule has 4 rings (SSSR count). The number of halogens is 2. The zero-order valence-electron chi connectivity index (χ0n) is 18.0. The molecule has 0 bridgehead atoms. The number of fused-ring (bicyclic) bond motifs is 1. The Balaban J connectivity index is 1.54. The lowest BCUT2D eigenvalue weighted by Crippen LogP contribution is -2.40. The molecule has 0 radical (unpaired) electrons. The van der Waals surface area contributed by atoms with Crippen LogP contribution in [-0.2, 0) is 0 Å². The highest BCUT2D eigenvalue weighted by Gasteiger charge is 2.25. The van der Waals surface area contributed by atoms with Crippen molar-refractivity contribution in [2.75, 3.05) is 23.7 Å². The molecule has 0 unspecified atom stereocenters. The Kier molecular flexibility index (Phi) is 7.16. The number of hydrogen-bond acceptors (Lipinski definition) is 5. The molecule has 0 spiro atoms. The number of hydrogen-bond donors (Lipinski definition) is 2. The van der Waals surface area contributed by atoms with E-state index in [-0.39, 0.29) is 0 Å². The van der Waals surface area contributed by atoms with Gasteiger partial charge in [0.15, 0.2) is 0 Å². The molecule has 1 aliphatic carbocycles. The van der Waals surface area contributed by atoms with E-state index in [2.05, 4.69) is 40.4 Å². The number of benzene rings is 2. The van der Waals surface area contributed by atoms with Gasteiger partial charge in [0, 0.05) is 33.2 Å². The van der Waals surface area contributed by atoms with E-state index in [1.807, 2.05) is 30.3 Å². The van der Waals surface area contributed by atoms with E-state index in [1.165, 1.54) is 12.8 Å². The van der Waals surface area contributed by atoms with E-state index in [1.54, 1.807) is 6.07 Å². The molecular formula is C24H29Cl2N5. The van der Waals surface area contributed by atoms with Crippen molar-refractivity contribution >= 4 is 51.6 Å². The molecule has 164 valence electrons. The van der Waals surface area contributed by atoms with Gasteiger partial charge in [0.05, 0.1) is 5.52 Å². The van der Waals surface area contributed by atoms with Gasteiger partial charge in [-0.3, -0.25) is 0 Å². The third-order valence-electron chi connectivity index (χ3n) is 6.09. The lowest BCUT2D eigenvalue weighted by molar-refractivity contribution is 0.167. The van der Waals surface area contributed by atoms with Crippen LogP contribution in [-0.4, -0.2) is 40.0 Å². The van der Waals surface area contributed by atoms with Gasteiger partial charge in [0.2, 0.25) is 5.95 Å². The monoisotopic (exact) mass is 457 g/mol. The third kappa shape index (κ3) is 5.40. The SMILES string of the molecule is CCN(CC)C1CCC(Nc2nc(Nc3cc(Cl)cc(Cl)c3)nc3ccccc23)CC1. The van der Waals surface area contributed by atoms with Crippen molar-refractivity contribution in [2.24, 2.45) is 0 Å². The summed E-state index contributed by atoms with van der Waals surface area (Å²) in [5.41, 5.74) is 1.66. The van der Waals surface area contributed by atoms with Gasteiger partial charge in [-0.2, -0.15) is 4.98 Å². The smallest absolute Gasteiger partial charge is 0.229 e. The first-order valence-corrected chi connectivity index (χ1v) is 11.8. The van der Waals surface area contributed by atoms with Crippen molar-refractivity contribution in [3.63, 3.8) is 0 Å². The quantitative estimate of drug-likeness (QED) is 0.410. The molecule has 2 aromatic carbocycles. The number of aromatic nitrogens is 2. The summed E-state index contributed by atoms with van der Waals surface area (Å²) in [6.07, 6.45) is 4.72. The summed E-state index contributed by atoms with van der Waals surface area (Å²) < 4.78 is 0. The molecule has 0 atom stereocenters. The van der Waals surface area contributed by atoms with Gasteiger partial charge in [0.1, 0.15) is 5.82 Å². The van der Waals surface area contributed by atoms with E-state index in [0.29, 0.717) is 28.1 Å². The van der Waals surface area contributed by atoms with E-state index >= 15 is 0 Å². The van der Waals surface area contributed by atoms with Crippen molar-refractivity contribution in [3.8, 4) is 0 Å². The topological polar surface area (TPSA) is 53.1 Å². The molecular weight excluding hydrogens is 429 g/mol. The summed E-state index contributed by atoms with van der Waals surface area (Å²) >= 11 is 12.3. The van der Waals surface area contributed by atoms with Gasteiger partial charge in [0.25, 0.3) is 0 Å². The second-order valence-electron chi connectivity index (χ2n) is 8.07. The standard InChI is InChI=1S/C24H29Cl2N5/c1-3-31(4-2)20-11-9-18(10-12-20)27-23-21-7-5-6-8-22(21)29-24(30-23)28-19-14-16(25)13-17(26)15-19/h5-8,13-15,18,20H,3-4,9-12H2,1-2H3,(H2,27,28,29,30). The summed E-state index contributed by atoms with van der Waals surface area (Å²) in [6, 6.07) is 14.5. The average Bonchev–Trinajstić information content (AvgIpc) is 2.75. The average molecular weight is 458 g/mol. The minimum absolute atomic E-state index is 0.415. The van der Waals surface area contributed by atoms with Crippen molar-refractivity contribution in [2.45, 2.75) is 51.6 Å². The second kappa shape index (κ2) is 10.0. The number of nitrogens with one attached hydrogen (secondary N) is 2. The first kappa shape index (κ1) is 22.1. The number of nitrogens with zero attached hydrogens (tertiary/aromatic N) is 3. The molecule has 0 aliphatic heterocycles. The Bertz CT molecular complexity index is 1010. The predicted octanol–water partition coefficient (Wildman–Crippen LogP) is 6.75. The third-order valence-corrected chi connectivity index (χ3v) is 6.52. The number of rotatable bonds is 7. The van der Waals surface area contributed by atoms with Crippen LogP contribution in [0.15, 0.2) is 42.5 Å². The zero-order chi connectivity index (χ0) is 21.8. The van der Waals surface area contributed by atoms with Crippen LogP contribution in [0, 0.1) is 0 Å². The highest BCUT2D eigenvalue weighted by molar-refractivity contribution is 6.35. The molecule has 1 fully saturated rings. The molecule has 0 amide bonds. The summed E-state index contributed by atoms with van der Waals surface area (Å²) in [6.45, 7) is 6.75. The van der Waals surface area contributed by atoms with Crippen molar-refractivity contribution in [3.05, 3.63) is 52.5 Å². The Morgan fingerprint density at radius 2 is 1.61 bits per heavy atom. The molecule has 5 nitrogen and oxygen atoms in total. The maximum absolute atomic E-state index is 6.15. The molecule has 1 aliphatic rings. The Hall–Kier alpha value is -2.08. The van der Waals surface area contributed by atoms with Crippen LogP contribution in [0.25, 0.3) is 10.9 Å². The predicted molar refractivity (Wildman–Crippen MR) is 132 cm³/mol. The molecule has 0 saturated heterocycles. The van der Waals surface area contributed by atoms with Crippen LogP contribution in [0.1, 0.15) is 39.5 Å². The molecule has 31 heavy (non-hydrogen) atoms. The summed E-state index contributed by atoms with van der Waals surface area (Å²) in [5, 5.41) is 9.13. The maximum Gasteiger partial charge on any atom is 0.229 e. The highest BCUT2D eigenvalue weighted by atomic mass is 35.5. The van der Waals surface area contributed by atoms with E-state index < -0.39 is 0 Å². The van der Waals surface area contributed by atoms with Gasteiger partial charge >= 0.3 is 0 Å². The van der Waals surface area contributed by atoms with Crippen LogP contribution in [0.5, 0.6) is 0 Å². The van der Waals surface area contributed by atoms with Gasteiger partial charge in [-0.25, -0.2) is 4.98 Å². The fourth-order valence-corrected chi connectivity index (χ4v) is 5.04. The van der Waals surface area contributed by atoms with Crippen LogP contribution in [0.2, 0.25) is 10.0 Å².